The summed E-state index contributed by atoms with van der Waals surface area (Å²) in [5, 5.41) is 11.9. The van der Waals surface area contributed by atoms with Crippen LogP contribution in [0.1, 0.15) is 54.1 Å². The standard InChI is InChI=1S/C23H24ClN5O4S/c1-31-20-18(14-6-8-25-17(24)10-14)16(11-26-19(20)13-4-2-3-5-13)21(30)27-22-28-29-23(34-22)33-15-7-9-32-12-15/h6,8,10-11,13,15H,2-5,7,9,12H2,1H3,(H,27,28,30)/t15-/m1/s1. The molecule has 5 rings (SSSR count). The number of nitrogens with one attached hydrogen (secondary N) is 1. The zero-order valence-corrected chi connectivity index (χ0v) is 20.2. The van der Waals surface area contributed by atoms with Crippen molar-refractivity contribution in [3.8, 4) is 22.1 Å². The first-order valence-electron chi connectivity index (χ1n) is 11.2. The van der Waals surface area contributed by atoms with Gasteiger partial charge in [0.05, 0.1) is 31.6 Å². The maximum atomic E-state index is 13.4. The van der Waals surface area contributed by atoms with Crippen molar-refractivity contribution in [1.82, 2.24) is 20.2 Å². The van der Waals surface area contributed by atoms with Crippen molar-refractivity contribution in [1.29, 1.82) is 0 Å². The molecule has 0 bridgehead atoms. The molecule has 1 saturated carbocycles. The Labute approximate surface area is 205 Å². The minimum Gasteiger partial charge on any atom is -0.494 e. The molecule has 1 aliphatic carbocycles. The molecule has 0 spiro atoms. The molecular formula is C23H24ClN5O4S. The topological polar surface area (TPSA) is 108 Å². The molecule has 1 aliphatic heterocycles. The lowest BCUT2D eigenvalue weighted by Crippen LogP contribution is -2.16. The van der Waals surface area contributed by atoms with Crippen LogP contribution in [-0.2, 0) is 4.74 Å². The summed E-state index contributed by atoms with van der Waals surface area (Å²) in [5.41, 5.74) is 2.57. The second-order valence-corrected chi connectivity index (χ2v) is 9.57. The molecule has 0 radical (unpaired) electrons. The van der Waals surface area contributed by atoms with Crippen molar-refractivity contribution >= 4 is 34.0 Å². The van der Waals surface area contributed by atoms with Crippen molar-refractivity contribution in [2.24, 2.45) is 0 Å². The summed E-state index contributed by atoms with van der Waals surface area (Å²) >= 11 is 7.35. The molecule has 178 valence electrons. The normalized spacial score (nSPS) is 18.2. The van der Waals surface area contributed by atoms with Gasteiger partial charge >= 0.3 is 0 Å². The van der Waals surface area contributed by atoms with Crippen molar-refractivity contribution < 1.29 is 19.0 Å². The van der Waals surface area contributed by atoms with Crippen LogP contribution in [-0.4, -0.2) is 52.5 Å². The van der Waals surface area contributed by atoms with Gasteiger partial charge in [-0.2, -0.15) is 0 Å². The Morgan fingerprint density at radius 1 is 1.24 bits per heavy atom. The van der Waals surface area contributed by atoms with E-state index in [1.54, 1.807) is 31.6 Å². The number of hydrogen-bond donors (Lipinski definition) is 1. The first-order chi connectivity index (χ1) is 16.6. The van der Waals surface area contributed by atoms with E-state index in [-0.39, 0.29) is 12.0 Å². The highest BCUT2D eigenvalue weighted by atomic mass is 35.5. The fraction of sp³-hybridized carbons (Fsp3) is 0.435. The van der Waals surface area contributed by atoms with Gasteiger partial charge in [0.2, 0.25) is 5.13 Å². The van der Waals surface area contributed by atoms with E-state index >= 15 is 0 Å². The van der Waals surface area contributed by atoms with Crippen LogP contribution in [0.3, 0.4) is 0 Å². The second-order valence-electron chi connectivity index (χ2n) is 8.24. The molecule has 3 aromatic rings. The highest BCUT2D eigenvalue weighted by Crippen LogP contribution is 2.43. The molecule has 11 heteroatoms. The largest absolute Gasteiger partial charge is 0.494 e. The van der Waals surface area contributed by atoms with Gasteiger partial charge in [-0.15, -0.1) is 5.10 Å². The third-order valence-electron chi connectivity index (χ3n) is 6.05. The molecule has 2 aliphatic rings. The van der Waals surface area contributed by atoms with Crippen LogP contribution in [0.2, 0.25) is 5.15 Å². The van der Waals surface area contributed by atoms with Crippen LogP contribution >= 0.6 is 22.9 Å². The number of carbonyl (C=O) groups is 1. The summed E-state index contributed by atoms with van der Waals surface area (Å²) in [6, 6.07) is 3.52. The van der Waals surface area contributed by atoms with E-state index in [0.717, 1.165) is 43.4 Å². The molecule has 1 atom stereocenters. The number of amides is 1. The van der Waals surface area contributed by atoms with Gasteiger partial charge in [0.15, 0.2) is 0 Å². The van der Waals surface area contributed by atoms with Crippen LogP contribution in [0, 0.1) is 0 Å². The molecule has 1 amide bonds. The molecule has 1 saturated heterocycles. The Bertz CT molecular complexity index is 1180. The van der Waals surface area contributed by atoms with Crippen LogP contribution in [0.5, 0.6) is 10.9 Å². The number of halogens is 1. The van der Waals surface area contributed by atoms with Crippen LogP contribution < -0.4 is 14.8 Å². The minimum absolute atomic E-state index is 0.0452. The van der Waals surface area contributed by atoms with Crippen molar-refractivity contribution in [3.05, 3.63) is 40.9 Å². The lowest BCUT2D eigenvalue weighted by atomic mass is 9.94. The number of methoxy groups -OCH3 is 1. The molecule has 0 aromatic carbocycles. The Morgan fingerprint density at radius 2 is 2.09 bits per heavy atom. The highest BCUT2D eigenvalue weighted by molar-refractivity contribution is 7.17. The maximum Gasteiger partial charge on any atom is 0.296 e. The smallest absolute Gasteiger partial charge is 0.296 e. The quantitative estimate of drug-likeness (QED) is 0.462. The summed E-state index contributed by atoms with van der Waals surface area (Å²) < 4.78 is 16.9. The lowest BCUT2D eigenvalue weighted by molar-refractivity contribution is 0.102. The molecule has 34 heavy (non-hydrogen) atoms. The van der Waals surface area contributed by atoms with E-state index in [4.69, 9.17) is 25.8 Å². The number of nitrogens with zero attached hydrogens (tertiary/aromatic N) is 4. The van der Waals surface area contributed by atoms with Crippen molar-refractivity contribution in [2.75, 3.05) is 25.6 Å². The Balaban J connectivity index is 1.47. The average Bonchev–Trinajstić information content (AvgIpc) is 3.62. The zero-order valence-electron chi connectivity index (χ0n) is 18.6. The molecular weight excluding hydrogens is 478 g/mol. The molecule has 0 unspecified atom stereocenters. The molecule has 4 heterocycles. The SMILES string of the molecule is COc1c(C2CCCC2)ncc(C(=O)Nc2nnc(O[C@@H]3CCOC3)s2)c1-c1ccnc(Cl)c1. The van der Waals surface area contributed by atoms with Gasteiger partial charge in [-0.05, 0) is 41.9 Å². The molecule has 9 nitrogen and oxygen atoms in total. The lowest BCUT2D eigenvalue weighted by Gasteiger charge is -2.19. The number of ether oxygens (including phenoxy) is 3. The van der Waals surface area contributed by atoms with E-state index < -0.39 is 0 Å². The van der Waals surface area contributed by atoms with Gasteiger partial charge < -0.3 is 14.2 Å². The number of rotatable bonds is 7. The summed E-state index contributed by atoms with van der Waals surface area (Å²) in [6.45, 7) is 1.19. The predicted molar refractivity (Wildman–Crippen MR) is 128 cm³/mol. The van der Waals surface area contributed by atoms with Gasteiger partial charge in [-0.1, -0.05) is 29.5 Å². The zero-order chi connectivity index (χ0) is 23.5. The first-order valence-corrected chi connectivity index (χ1v) is 12.4. The van der Waals surface area contributed by atoms with Crippen molar-refractivity contribution in [2.45, 2.75) is 44.1 Å². The summed E-state index contributed by atoms with van der Waals surface area (Å²) in [5.74, 6) is 0.508. The molecule has 2 fully saturated rings. The molecule has 3 aromatic heterocycles. The van der Waals surface area contributed by atoms with Gasteiger partial charge in [-0.25, -0.2) is 4.98 Å². The van der Waals surface area contributed by atoms with E-state index in [9.17, 15) is 4.79 Å². The van der Waals surface area contributed by atoms with Crippen LogP contribution in [0.25, 0.3) is 11.1 Å². The van der Waals surface area contributed by atoms with E-state index in [1.807, 2.05) is 0 Å². The van der Waals surface area contributed by atoms with Gasteiger partial charge in [-0.3, -0.25) is 15.1 Å². The highest BCUT2D eigenvalue weighted by Gasteiger charge is 2.28. The first kappa shape index (κ1) is 22.9. The Kier molecular flexibility index (Phi) is 6.89. The average molecular weight is 502 g/mol. The van der Waals surface area contributed by atoms with E-state index in [2.05, 4.69) is 25.5 Å². The Hall–Kier alpha value is -2.82. The third-order valence-corrected chi connectivity index (χ3v) is 6.99. The van der Waals surface area contributed by atoms with Gasteiger partial charge in [0.1, 0.15) is 17.0 Å². The number of carbonyl (C=O) groups excluding carboxylic acids is 1. The third kappa shape index (κ3) is 4.84. The van der Waals surface area contributed by atoms with Gasteiger partial charge in [0, 0.05) is 30.3 Å². The van der Waals surface area contributed by atoms with E-state index in [0.29, 0.717) is 51.5 Å². The monoisotopic (exact) mass is 501 g/mol. The summed E-state index contributed by atoms with van der Waals surface area (Å²) in [6.07, 6.45) is 8.37. The maximum absolute atomic E-state index is 13.4. The fourth-order valence-electron chi connectivity index (χ4n) is 4.44. The Morgan fingerprint density at radius 3 is 2.82 bits per heavy atom. The van der Waals surface area contributed by atoms with Crippen LogP contribution in [0.4, 0.5) is 5.13 Å². The second kappa shape index (κ2) is 10.2. The van der Waals surface area contributed by atoms with Crippen molar-refractivity contribution in [3.63, 3.8) is 0 Å². The summed E-state index contributed by atoms with van der Waals surface area (Å²) in [4.78, 5) is 22.1. The van der Waals surface area contributed by atoms with Crippen LogP contribution in [0.15, 0.2) is 24.5 Å². The number of aromatic nitrogens is 4. The van der Waals surface area contributed by atoms with Gasteiger partial charge in [0.25, 0.3) is 11.1 Å². The number of pyridine rings is 2. The number of anilines is 1. The van der Waals surface area contributed by atoms with E-state index in [1.165, 1.54) is 11.3 Å². The fourth-order valence-corrected chi connectivity index (χ4v) is 5.27. The molecule has 1 N–H and O–H groups in total. The summed E-state index contributed by atoms with van der Waals surface area (Å²) in [7, 11) is 1.60. The minimum atomic E-state index is -0.376. The number of hydrogen-bond acceptors (Lipinski definition) is 9. The predicted octanol–water partition coefficient (Wildman–Crippen LogP) is 4.73.